The molecule has 0 aliphatic carbocycles. The molecule has 6 nitrogen and oxygen atoms in total. The molecule has 1 heterocycles. The molecule has 144 valence electrons. The van der Waals surface area contributed by atoms with E-state index in [1.54, 1.807) is 0 Å². The number of carbonyl (C=O) groups excluding carboxylic acids is 1. The SMILES string of the molecule is CCNC(=NCCCNC(=O)c1ccccc1)NCCN1CCCCC1. The number of hydrogen-bond donors (Lipinski definition) is 3. The molecule has 0 saturated carbocycles. The number of carbonyl (C=O) groups is 1. The van der Waals surface area contributed by atoms with Crippen LogP contribution in [-0.2, 0) is 0 Å². The Kier molecular flexibility index (Phi) is 9.57. The smallest absolute Gasteiger partial charge is 0.251 e. The molecule has 1 aliphatic rings. The van der Waals surface area contributed by atoms with Crippen LogP contribution in [0.4, 0.5) is 0 Å². The lowest BCUT2D eigenvalue weighted by Gasteiger charge is -2.26. The third-order valence-electron chi connectivity index (χ3n) is 4.44. The van der Waals surface area contributed by atoms with Gasteiger partial charge < -0.3 is 20.9 Å². The van der Waals surface area contributed by atoms with Crippen LogP contribution in [0.25, 0.3) is 0 Å². The third-order valence-corrected chi connectivity index (χ3v) is 4.44. The minimum Gasteiger partial charge on any atom is -0.357 e. The van der Waals surface area contributed by atoms with Crippen LogP contribution in [0.15, 0.2) is 35.3 Å². The molecule has 0 atom stereocenters. The van der Waals surface area contributed by atoms with Crippen molar-refractivity contribution in [2.75, 3.05) is 45.8 Å². The van der Waals surface area contributed by atoms with Gasteiger partial charge in [0, 0.05) is 38.3 Å². The lowest BCUT2D eigenvalue weighted by atomic mass is 10.1. The fraction of sp³-hybridized carbons (Fsp3) is 0.600. The van der Waals surface area contributed by atoms with Crippen molar-refractivity contribution in [1.82, 2.24) is 20.9 Å². The van der Waals surface area contributed by atoms with E-state index >= 15 is 0 Å². The largest absolute Gasteiger partial charge is 0.357 e. The van der Waals surface area contributed by atoms with E-state index in [9.17, 15) is 4.79 Å². The predicted octanol–water partition coefficient (Wildman–Crippen LogP) is 1.85. The number of benzene rings is 1. The Bertz CT molecular complexity index is 540. The van der Waals surface area contributed by atoms with Gasteiger partial charge in [-0.3, -0.25) is 9.79 Å². The summed E-state index contributed by atoms with van der Waals surface area (Å²) < 4.78 is 0. The van der Waals surface area contributed by atoms with Crippen molar-refractivity contribution in [2.45, 2.75) is 32.6 Å². The van der Waals surface area contributed by atoms with E-state index in [4.69, 9.17) is 0 Å². The molecule has 1 aromatic carbocycles. The Morgan fingerprint density at radius 2 is 1.81 bits per heavy atom. The fourth-order valence-electron chi connectivity index (χ4n) is 3.02. The Labute approximate surface area is 157 Å². The van der Waals surface area contributed by atoms with Gasteiger partial charge in [0.2, 0.25) is 0 Å². The van der Waals surface area contributed by atoms with E-state index in [1.807, 2.05) is 30.3 Å². The van der Waals surface area contributed by atoms with Gasteiger partial charge in [-0.05, 0) is 51.4 Å². The number of guanidine groups is 1. The summed E-state index contributed by atoms with van der Waals surface area (Å²) in [4.78, 5) is 19.1. The van der Waals surface area contributed by atoms with Gasteiger partial charge in [-0.1, -0.05) is 24.6 Å². The molecule has 0 radical (unpaired) electrons. The standard InChI is InChI=1S/C20H33N5O/c1-2-21-20(24-14-17-25-15-7-4-8-16-25)23-13-9-12-22-19(26)18-10-5-3-6-11-18/h3,5-6,10-11H,2,4,7-9,12-17H2,1H3,(H,22,26)(H2,21,23,24). The normalized spacial score (nSPS) is 15.5. The van der Waals surface area contributed by atoms with Crippen LogP contribution < -0.4 is 16.0 Å². The highest BCUT2D eigenvalue weighted by atomic mass is 16.1. The van der Waals surface area contributed by atoms with Gasteiger partial charge in [-0.15, -0.1) is 0 Å². The summed E-state index contributed by atoms with van der Waals surface area (Å²) in [5, 5.41) is 9.62. The first kappa shape index (κ1) is 20.2. The zero-order valence-corrected chi connectivity index (χ0v) is 16.0. The number of amides is 1. The Hall–Kier alpha value is -2.08. The van der Waals surface area contributed by atoms with Gasteiger partial charge in [0.15, 0.2) is 5.96 Å². The number of nitrogens with zero attached hydrogens (tertiary/aromatic N) is 2. The zero-order valence-electron chi connectivity index (χ0n) is 16.0. The topological polar surface area (TPSA) is 68.8 Å². The first-order valence-corrected chi connectivity index (χ1v) is 9.87. The molecule has 6 heteroatoms. The van der Waals surface area contributed by atoms with Crippen molar-refractivity contribution in [3.8, 4) is 0 Å². The van der Waals surface area contributed by atoms with Crippen LogP contribution in [0.1, 0.15) is 43.0 Å². The van der Waals surface area contributed by atoms with Crippen LogP contribution in [0.2, 0.25) is 0 Å². The van der Waals surface area contributed by atoms with Gasteiger partial charge in [0.05, 0.1) is 0 Å². The maximum absolute atomic E-state index is 12.0. The first-order valence-electron chi connectivity index (χ1n) is 9.87. The van der Waals surface area contributed by atoms with Crippen molar-refractivity contribution >= 4 is 11.9 Å². The van der Waals surface area contributed by atoms with Gasteiger partial charge in [-0.2, -0.15) is 0 Å². The number of likely N-dealkylation sites (tertiary alicyclic amines) is 1. The molecule has 0 aromatic heterocycles. The average molecular weight is 360 g/mol. The van der Waals surface area contributed by atoms with Crippen LogP contribution in [0.5, 0.6) is 0 Å². The van der Waals surface area contributed by atoms with Crippen molar-refractivity contribution in [3.63, 3.8) is 0 Å². The summed E-state index contributed by atoms with van der Waals surface area (Å²) in [6, 6.07) is 9.30. The summed E-state index contributed by atoms with van der Waals surface area (Å²) in [5.74, 6) is 0.833. The molecule has 26 heavy (non-hydrogen) atoms. The average Bonchev–Trinajstić information content (AvgIpc) is 2.69. The number of rotatable bonds is 9. The van der Waals surface area contributed by atoms with Gasteiger partial charge in [0.1, 0.15) is 0 Å². The van der Waals surface area contributed by atoms with Crippen molar-refractivity contribution in [3.05, 3.63) is 35.9 Å². The van der Waals surface area contributed by atoms with Gasteiger partial charge >= 0.3 is 0 Å². The molecular weight excluding hydrogens is 326 g/mol. The molecule has 1 aliphatic heterocycles. The lowest BCUT2D eigenvalue weighted by Crippen LogP contribution is -2.42. The molecule has 0 spiro atoms. The molecule has 0 bridgehead atoms. The summed E-state index contributed by atoms with van der Waals surface area (Å²) in [6.07, 6.45) is 4.84. The van der Waals surface area contributed by atoms with Crippen molar-refractivity contribution in [1.29, 1.82) is 0 Å². The maximum atomic E-state index is 12.0. The van der Waals surface area contributed by atoms with Crippen LogP contribution in [0, 0.1) is 0 Å². The second kappa shape index (κ2) is 12.3. The molecule has 2 rings (SSSR count). The van der Waals surface area contributed by atoms with E-state index in [0.29, 0.717) is 18.7 Å². The van der Waals surface area contributed by atoms with Gasteiger partial charge in [0.25, 0.3) is 5.91 Å². The highest BCUT2D eigenvalue weighted by Crippen LogP contribution is 2.07. The highest BCUT2D eigenvalue weighted by molar-refractivity contribution is 5.94. The monoisotopic (exact) mass is 359 g/mol. The quantitative estimate of drug-likeness (QED) is 0.358. The fourth-order valence-corrected chi connectivity index (χ4v) is 3.02. The second-order valence-electron chi connectivity index (χ2n) is 6.57. The number of hydrogen-bond acceptors (Lipinski definition) is 3. The van der Waals surface area contributed by atoms with Gasteiger partial charge in [-0.25, -0.2) is 0 Å². The third kappa shape index (κ3) is 7.87. The molecule has 0 unspecified atom stereocenters. The molecule has 1 amide bonds. The summed E-state index contributed by atoms with van der Waals surface area (Å²) in [5.41, 5.74) is 0.698. The molecule has 1 aromatic rings. The Morgan fingerprint density at radius 1 is 1.04 bits per heavy atom. The predicted molar refractivity (Wildman–Crippen MR) is 108 cm³/mol. The minimum absolute atomic E-state index is 0.0267. The minimum atomic E-state index is -0.0267. The molecule has 1 saturated heterocycles. The van der Waals surface area contributed by atoms with E-state index in [-0.39, 0.29) is 5.91 Å². The zero-order chi connectivity index (χ0) is 18.5. The van der Waals surface area contributed by atoms with E-state index in [2.05, 4.69) is 32.8 Å². The molecular formula is C20H33N5O. The van der Waals surface area contributed by atoms with Crippen molar-refractivity contribution < 1.29 is 4.79 Å². The molecule has 1 fully saturated rings. The lowest BCUT2D eigenvalue weighted by molar-refractivity contribution is 0.0953. The van der Waals surface area contributed by atoms with Crippen molar-refractivity contribution in [2.24, 2.45) is 4.99 Å². The van der Waals surface area contributed by atoms with Crippen LogP contribution >= 0.6 is 0 Å². The number of piperidine rings is 1. The maximum Gasteiger partial charge on any atom is 0.251 e. The number of nitrogens with one attached hydrogen (secondary N) is 3. The second-order valence-corrected chi connectivity index (χ2v) is 6.57. The Morgan fingerprint density at radius 3 is 2.54 bits per heavy atom. The van der Waals surface area contributed by atoms with Crippen LogP contribution in [-0.4, -0.2) is 62.6 Å². The first-order chi connectivity index (χ1) is 12.8. The van der Waals surface area contributed by atoms with E-state index in [0.717, 1.165) is 32.0 Å². The molecule has 3 N–H and O–H groups in total. The summed E-state index contributed by atoms with van der Waals surface area (Å²) in [7, 11) is 0. The van der Waals surface area contributed by atoms with Crippen LogP contribution in [0.3, 0.4) is 0 Å². The number of aliphatic imine (C=N–C) groups is 1. The van der Waals surface area contributed by atoms with E-state index in [1.165, 1.54) is 32.4 Å². The summed E-state index contributed by atoms with van der Waals surface area (Å²) in [6.45, 7) is 8.65. The highest BCUT2D eigenvalue weighted by Gasteiger charge is 2.09. The van der Waals surface area contributed by atoms with E-state index < -0.39 is 0 Å². The Balaban J connectivity index is 1.62. The summed E-state index contributed by atoms with van der Waals surface area (Å²) >= 11 is 0.